The molecular weight excluding hydrogens is 428 g/mol. The lowest BCUT2D eigenvalue weighted by Crippen LogP contribution is -2.38. The van der Waals surface area contributed by atoms with Gasteiger partial charge in [-0.2, -0.15) is 4.99 Å². The number of nitrogens with zero attached hydrogens (tertiary/aromatic N) is 2. The van der Waals surface area contributed by atoms with Crippen molar-refractivity contribution in [3.8, 4) is 0 Å². The van der Waals surface area contributed by atoms with Crippen molar-refractivity contribution in [1.29, 1.82) is 0 Å². The molecule has 3 atom stereocenters. The summed E-state index contributed by atoms with van der Waals surface area (Å²) in [7, 11) is -3.06. The van der Waals surface area contributed by atoms with Gasteiger partial charge < -0.3 is 9.64 Å². The van der Waals surface area contributed by atoms with E-state index in [0.29, 0.717) is 18.2 Å². The number of anilines is 1. The monoisotopic (exact) mass is 444 g/mol. The van der Waals surface area contributed by atoms with Crippen LogP contribution in [0.4, 0.5) is 5.69 Å². The number of sulfone groups is 1. The van der Waals surface area contributed by atoms with Crippen molar-refractivity contribution in [2.45, 2.75) is 30.2 Å². The molecule has 3 fully saturated rings. The molecule has 3 aliphatic rings. The molecule has 6 nitrogen and oxygen atoms in total. The first-order valence-electron chi connectivity index (χ1n) is 8.09. The lowest BCUT2D eigenvalue weighted by molar-refractivity contribution is -0.126. The molecule has 1 aromatic rings. The minimum Gasteiger partial charge on any atom is -0.368 e. The van der Waals surface area contributed by atoms with Gasteiger partial charge in [0.25, 0.3) is 5.91 Å². The Morgan fingerprint density at radius 3 is 2.72 bits per heavy atom. The van der Waals surface area contributed by atoms with E-state index in [4.69, 9.17) is 4.74 Å². The SMILES string of the molecule is O=C(N=C1S[C@@H]2CS(=O)(=O)C[C@@H]2N1c1ccc(Br)cc1)[C@@H]1CCCO1. The van der Waals surface area contributed by atoms with Crippen LogP contribution in [0, 0.1) is 0 Å². The van der Waals surface area contributed by atoms with Gasteiger partial charge in [0.1, 0.15) is 6.10 Å². The summed E-state index contributed by atoms with van der Waals surface area (Å²) in [4.78, 5) is 18.6. The number of rotatable bonds is 2. The Balaban J connectivity index is 1.68. The summed E-state index contributed by atoms with van der Waals surface area (Å²) >= 11 is 4.79. The fraction of sp³-hybridized carbons (Fsp3) is 0.500. The number of halogens is 1. The maximum atomic E-state index is 12.4. The van der Waals surface area contributed by atoms with Crippen molar-refractivity contribution in [1.82, 2.24) is 0 Å². The Bertz CT molecular complexity index is 819. The van der Waals surface area contributed by atoms with E-state index in [1.54, 1.807) is 0 Å². The number of hydrogen-bond donors (Lipinski definition) is 0. The topological polar surface area (TPSA) is 76.0 Å². The van der Waals surface area contributed by atoms with Crippen molar-refractivity contribution in [2.24, 2.45) is 4.99 Å². The van der Waals surface area contributed by atoms with Crippen LogP contribution in [0.3, 0.4) is 0 Å². The fourth-order valence-corrected chi connectivity index (χ4v) is 7.59. The molecule has 0 aromatic heterocycles. The second-order valence-corrected chi connectivity index (χ2v) is 10.7. The molecule has 3 saturated heterocycles. The van der Waals surface area contributed by atoms with Crippen molar-refractivity contribution >= 4 is 54.3 Å². The van der Waals surface area contributed by atoms with Crippen LogP contribution in [0.2, 0.25) is 0 Å². The smallest absolute Gasteiger partial charge is 0.277 e. The Morgan fingerprint density at radius 1 is 1.28 bits per heavy atom. The van der Waals surface area contributed by atoms with E-state index < -0.39 is 15.9 Å². The van der Waals surface area contributed by atoms with E-state index in [1.165, 1.54) is 11.8 Å². The molecule has 0 unspecified atom stereocenters. The van der Waals surface area contributed by atoms with Gasteiger partial charge in [0.2, 0.25) is 0 Å². The van der Waals surface area contributed by atoms with Crippen LogP contribution in [-0.4, -0.2) is 55.0 Å². The number of amides is 1. The predicted octanol–water partition coefficient (Wildman–Crippen LogP) is 2.23. The van der Waals surface area contributed by atoms with Crippen LogP contribution in [0.15, 0.2) is 33.7 Å². The molecule has 0 spiro atoms. The van der Waals surface area contributed by atoms with E-state index in [1.807, 2.05) is 29.2 Å². The van der Waals surface area contributed by atoms with Gasteiger partial charge in [0.05, 0.1) is 17.5 Å². The number of ether oxygens (including phenoxy) is 1. The highest BCUT2D eigenvalue weighted by atomic mass is 79.9. The molecule has 25 heavy (non-hydrogen) atoms. The van der Waals surface area contributed by atoms with Crippen molar-refractivity contribution in [3.05, 3.63) is 28.7 Å². The zero-order valence-corrected chi connectivity index (χ0v) is 16.5. The number of carbonyl (C=O) groups excluding carboxylic acids is 1. The molecule has 3 aliphatic heterocycles. The summed E-state index contributed by atoms with van der Waals surface area (Å²) in [5.41, 5.74) is 0.846. The van der Waals surface area contributed by atoms with Gasteiger partial charge in [0, 0.05) is 22.0 Å². The Hall–Kier alpha value is -0.900. The van der Waals surface area contributed by atoms with Crippen LogP contribution in [0.1, 0.15) is 12.8 Å². The number of hydrogen-bond acceptors (Lipinski definition) is 5. The lowest BCUT2D eigenvalue weighted by Gasteiger charge is -2.24. The van der Waals surface area contributed by atoms with Gasteiger partial charge in [-0.25, -0.2) is 8.42 Å². The number of amidine groups is 1. The van der Waals surface area contributed by atoms with E-state index in [9.17, 15) is 13.2 Å². The summed E-state index contributed by atoms with van der Waals surface area (Å²) in [6, 6.07) is 7.42. The van der Waals surface area contributed by atoms with Gasteiger partial charge in [-0.05, 0) is 37.1 Å². The quantitative estimate of drug-likeness (QED) is 0.695. The number of thioether (sulfide) groups is 1. The fourth-order valence-electron chi connectivity index (χ4n) is 3.41. The number of fused-ring (bicyclic) bond motifs is 1. The lowest BCUT2D eigenvalue weighted by atomic mass is 10.2. The van der Waals surface area contributed by atoms with Crippen molar-refractivity contribution in [3.63, 3.8) is 0 Å². The van der Waals surface area contributed by atoms with Crippen LogP contribution < -0.4 is 4.90 Å². The number of benzene rings is 1. The average Bonchev–Trinajstić information content (AvgIpc) is 3.23. The second-order valence-electron chi connectivity index (χ2n) is 6.38. The van der Waals surface area contributed by atoms with E-state index in [0.717, 1.165) is 16.6 Å². The molecule has 3 heterocycles. The first kappa shape index (κ1) is 17.5. The molecule has 1 amide bonds. The summed E-state index contributed by atoms with van der Waals surface area (Å²) in [5, 5.41) is 0.484. The van der Waals surface area contributed by atoms with Crippen LogP contribution in [-0.2, 0) is 19.4 Å². The molecular formula is C16H17BrN2O4S2. The molecule has 4 rings (SSSR count). The number of carbonyl (C=O) groups is 1. The first-order valence-corrected chi connectivity index (χ1v) is 11.6. The van der Waals surface area contributed by atoms with Gasteiger partial charge in [0.15, 0.2) is 15.0 Å². The molecule has 0 N–H and O–H groups in total. The highest BCUT2D eigenvalue weighted by molar-refractivity contribution is 9.10. The van der Waals surface area contributed by atoms with E-state index in [-0.39, 0.29) is 28.7 Å². The van der Waals surface area contributed by atoms with Crippen LogP contribution >= 0.6 is 27.7 Å². The summed E-state index contributed by atoms with van der Waals surface area (Å²) in [6.45, 7) is 0.592. The second kappa shape index (κ2) is 6.68. The Labute approximate surface area is 159 Å². The highest BCUT2D eigenvalue weighted by Crippen LogP contribution is 2.41. The average molecular weight is 445 g/mol. The highest BCUT2D eigenvalue weighted by Gasteiger charge is 2.49. The Kier molecular flexibility index (Phi) is 4.68. The zero-order chi connectivity index (χ0) is 17.6. The third kappa shape index (κ3) is 3.51. The first-order chi connectivity index (χ1) is 11.9. The summed E-state index contributed by atoms with van der Waals surface area (Å²) < 4.78 is 30.4. The third-order valence-corrected chi connectivity index (χ3v) is 8.32. The number of aliphatic imine (C=N–C) groups is 1. The van der Waals surface area contributed by atoms with E-state index >= 15 is 0 Å². The van der Waals surface area contributed by atoms with Gasteiger partial charge in [-0.15, -0.1) is 0 Å². The molecule has 1 aromatic carbocycles. The van der Waals surface area contributed by atoms with Crippen LogP contribution in [0.5, 0.6) is 0 Å². The summed E-state index contributed by atoms with van der Waals surface area (Å²) in [6.07, 6.45) is 1.10. The van der Waals surface area contributed by atoms with Crippen molar-refractivity contribution < 1.29 is 17.9 Å². The van der Waals surface area contributed by atoms with Gasteiger partial charge in [-0.3, -0.25) is 4.79 Å². The van der Waals surface area contributed by atoms with Gasteiger partial charge in [-0.1, -0.05) is 27.7 Å². The van der Waals surface area contributed by atoms with Crippen molar-refractivity contribution in [2.75, 3.05) is 23.0 Å². The molecule has 0 saturated carbocycles. The largest absolute Gasteiger partial charge is 0.368 e. The maximum absolute atomic E-state index is 12.4. The predicted molar refractivity (Wildman–Crippen MR) is 102 cm³/mol. The molecule has 0 aliphatic carbocycles. The standard InChI is InChI=1S/C16H17BrN2O4S2/c17-10-3-5-11(6-4-10)19-12-8-25(21,22)9-14(12)24-16(19)18-15(20)13-2-1-7-23-13/h3-6,12-14H,1-2,7-9H2/t12-,13-,14+/m0/s1. The third-order valence-electron chi connectivity index (χ3n) is 4.58. The maximum Gasteiger partial charge on any atom is 0.277 e. The van der Waals surface area contributed by atoms with Crippen LogP contribution in [0.25, 0.3) is 0 Å². The minimum absolute atomic E-state index is 0.0911. The van der Waals surface area contributed by atoms with E-state index in [2.05, 4.69) is 20.9 Å². The molecule has 0 bridgehead atoms. The summed E-state index contributed by atoms with van der Waals surface area (Å²) in [5.74, 6) is -0.0546. The zero-order valence-electron chi connectivity index (χ0n) is 13.3. The normalized spacial score (nSPS) is 32.3. The minimum atomic E-state index is -3.06. The Morgan fingerprint density at radius 2 is 2.04 bits per heavy atom. The van der Waals surface area contributed by atoms with Gasteiger partial charge >= 0.3 is 0 Å². The molecule has 9 heteroatoms. The molecule has 0 radical (unpaired) electrons. The molecule has 134 valence electrons.